The molecular formula is C13H21NO4S2. The van der Waals surface area contributed by atoms with Gasteiger partial charge in [-0.1, -0.05) is 0 Å². The Bertz CT molecular complexity index is 535. The summed E-state index contributed by atoms with van der Waals surface area (Å²) in [6, 6.07) is 0. The number of nitrogens with one attached hydrogen (secondary N) is 1. The molecule has 1 saturated carbocycles. The monoisotopic (exact) mass is 319 g/mol. The molecule has 0 aliphatic heterocycles. The van der Waals surface area contributed by atoms with Crippen LogP contribution >= 0.6 is 11.3 Å². The van der Waals surface area contributed by atoms with Gasteiger partial charge in [-0.05, 0) is 43.0 Å². The Morgan fingerprint density at radius 2 is 2.25 bits per heavy atom. The summed E-state index contributed by atoms with van der Waals surface area (Å²) < 4.78 is 32.4. The molecule has 0 atom stereocenters. The van der Waals surface area contributed by atoms with Crippen molar-refractivity contribution in [1.82, 2.24) is 4.72 Å². The second-order valence-corrected chi connectivity index (χ2v) is 7.77. The van der Waals surface area contributed by atoms with Crippen LogP contribution in [0.1, 0.15) is 29.7 Å². The molecule has 1 aromatic rings. The standard InChI is InChI=1S/C13H21NO4S2/c1-10-9-19-12(7-15)13(10)20(16,17)14-5-2-6-18-8-11-3-4-11/h9,11,14-15H,2-8H2,1H3. The molecule has 1 heterocycles. The van der Waals surface area contributed by atoms with E-state index in [1.54, 1.807) is 12.3 Å². The maximum atomic E-state index is 12.2. The number of aliphatic hydroxyl groups is 1. The van der Waals surface area contributed by atoms with Crippen molar-refractivity contribution in [2.24, 2.45) is 5.92 Å². The molecule has 2 N–H and O–H groups in total. The topological polar surface area (TPSA) is 75.6 Å². The van der Waals surface area contributed by atoms with Gasteiger partial charge in [-0.3, -0.25) is 0 Å². The maximum Gasteiger partial charge on any atom is 0.242 e. The minimum atomic E-state index is -3.54. The Morgan fingerprint density at radius 3 is 2.90 bits per heavy atom. The average molecular weight is 319 g/mol. The molecule has 2 rings (SSSR count). The van der Waals surface area contributed by atoms with E-state index in [1.807, 2.05) is 0 Å². The third kappa shape index (κ3) is 4.26. The van der Waals surface area contributed by atoms with Crippen molar-refractivity contribution in [3.63, 3.8) is 0 Å². The van der Waals surface area contributed by atoms with E-state index in [0.717, 1.165) is 12.5 Å². The van der Waals surface area contributed by atoms with Gasteiger partial charge >= 0.3 is 0 Å². The number of aryl methyl sites for hydroxylation is 1. The first-order chi connectivity index (χ1) is 9.54. The van der Waals surface area contributed by atoms with Crippen molar-refractivity contribution in [3.05, 3.63) is 15.8 Å². The highest BCUT2D eigenvalue weighted by Crippen LogP contribution is 2.29. The van der Waals surface area contributed by atoms with Crippen LogP contribution in [0.3, 0.4) is 0 Å². The number of sulfonamides is 1. The molecular weight excluding hydrogens is 298 g/mol. The molecule has 114 valence electrons. The minimum Gasteiger partial charge on any atom is -0.391 e. The molecule has 1 aliphatic carbocycles. The van der Waals surface area contributed by atoms with Crippen molar-refractivity contribution in [2.45, 2.75) is 37.7 Å². The smallest absolute Gasteiger partial charge is 0.242 e. The second kappa shape index (κ2) is 7.00. The van der Waals surface area contributed by atoms with Crippen molar-refractivity contribution in [3.8, 4) is 0 Å². The van der Waals surface area contributed by atoms with Crippen molar-refractivity contribution >= 4 is 21.4 Å². The van der Waals surface area contributed by atoms with E-state index in [1.165, 1.54) is 24.2 Å². The molecule has 0 unspecified atom stereocenters. The lowest BCUT2D eigenvalue weighted by Crippen LogP contribution is -2.26. The van der Waals surface area contributed by atoms with Gasteiger partial charge in [-0.2, -0.15) is 0 Å². The van der Waals surface area contributed by atoms with Crippen LogP contribution in [0.4, 0.5) is 0 Å². The minimum absolute atomic E-state index is 0.226. The van der Waals surface area contributed by atoms with Gasteiger partial charge < -0.3 is 9.84 Å². The first kappa shape index (κ1) is 15.9. The average Bonchev–Trinajstić information content (AvgIpc) is 3.14. The summed E-state index contributed by atoms with van der Waals surface area (Å²) in [4.78, 5) is 0.712. The van der Waals surface area contributed by atoms with Gasteiger partial charge in [0.25, 0.3) is 0 Å². The Balaban J connectivity index is 1.79. The van der Waals surface area contributed by atoms with Gasteiger partial charge in [-0.15, -0.1) is 11.3 Å². The lowest BCUT2D eigenvalue weighted by molar-refractivity contribution is 0.123. The molecule has 20 heavy (non-hydrogen) atoms. The van der Waals surface area contributed by atoms with E-state index in [4.69, 9.17) is 4.74 Å². The van der Waals surface area contributed by atoms with Gasteiger partial charge in [-0.25, -0.2) is 13.1 Å². The van der Waals surface area contributed by atoms with Gasteiger partial charge in [0, 0.05) is 19.8 Å². The summed E-state index contributed by atoms with van der Waals surface area (Å²) in [5, 5.41) is 10.9. The lowest BCUT2D eigenvalue weighted by atomic mass is 10.3. The zero-order valence-corrected chi connectivity index (χ0v) is 13.2. The number of ether oxygens (including phenoxy) is 1. The van der Waals surface area contributed by atoms with E-state index < -0.39 is 10.0 Å². The first-order valence-electron chi connectivity index (χ1n) is 6.80. The Kier molecular flexibility index (Phi) is 5.57. The number of rotatable bonds is 9. The zero-order valence-electron chi connectivity index (χ0n) is 11.6. The van der Waals surface area contributed by atoms with Crippen molar-refractivity contribution in [2.75, 3.05) is 19.8 Å². The highest BCUT2D eigenvalue weighted by atomic mass is 32.2. The Morgan fingerprint density at radius 1 is 1.50 bits per heavy atom. The van der Waals surface area contributed by atoms with Crippen LogP contribution in [-0.4, -0.2) is 33.3 Å². The SMILES string of the molecule is Cc1csc(CO)c1S(=O)(=O)NCCCOCC1CC1. The number of thiophene rings is 1. The molecule has 0 amide bonds. The Labute approximate surface area is 124 Å². The van der Waals surface area contributed by atoms with E-state index >= 15 is 0 Å². The normalized spacial score (nSPS) is 15.7. The van der Waals surface area contributed by atoms with Crippen LogP contribution in [0.15, 0.2) is 10.3 Å². The molecule has 7 heteroatoms. The number of aliphatic hydroxyl groups excluding tert-OH is 1. The third-order valence-corrected chi connectivity index (χ3v) is 6.12. The molecule has 0 spiro atoms. The van der Waals surface area contributed by atoms with Gasteiger partial charge in [0.1, 0.15) is 4.90 Å². The molecule has 0 saturated heterocycles. The summed E-state index contributed by atoms with van der Waals surface area (Å²) in [7, 11) is -3.54. The van der Waals surface area contributed by atoms with Crippen LogP contribution in [-0.2, 0) is 21.4 Å². The van der Waals surface area contributed by atoms with Crippen LogP contribution in [0.5, 0.6) is 0 Å². The molecule has 0 bridgehead atoms. The number of hydrogen-bond acceptors (Lipinski definition) is 5. The van der Waals surface area contributed by atoms with Crippen LogP contribution in [0.2, 0.25) is 0 Å². The van der Waals surface area contributed by atoms with Crippen LogP contribution in [0.25, 0.3) is 0 Å². The quantitative estimate of drug-likeness (QED) is 0.679. The molecule has 1 fully saturated rings. The van der Waals surface area contributed by atoms with Gasteiger partial charge in [0.05, 0.1) is 11.5 Å². The molecule has 1 aliphatic rings. The van der Waals surface area contributed by atoms with Crippen molar-refractivity contribution < 1.29 is 18.3 Å². The maximum absolute atomic E-state index is 12.2. The summed E-state index contributed by atoms with van der Waals surface area (Å²) in [6.07, 6.45) is 3.17. The highest BCUT2D eigenvalue weighted by Gasteiger charge is 2.22. The molecule has 0 radical (unpaired) electrons. The fourth-order valence-corrected chi connectivity index (χ4v) is 4.68. The largest absolute Gasteiger partial charge is 0.391 e. The Hall–Kier alpha value is -0.470. The summed E-state index contributed by atoms with van der Waals surface area (Å²) in [6.45, 7) is 3.22. The van der Waals surface area contributed by atoms with E-state index in [0.29, 0.717) is 30.0 Å². The zero-order chi connectivity index (χ0) is 14.6. The summed E-state index contributed by atoms with van der Waals surface area (Å²) in [5.74, 6) is 0.729. The second-order valence-electron chi connectivity index (χ2n) is 5.10. The molecule has 5 nitrogen and oxygen atoms in total. The van der Waals surface area contributed by atoms with Gasteiger partial charge in [0.2, 0.25) is 10.0 Å². The van der Waals surface area contributed by atoms with E-state index in [9.17, 15) is 13.5 Å². The third-order valence-electron chi connectivity index (χ3n) is 3.21. The van der Waals surface area contributed by atoms with Gasteiger partial charge in [0.15, 0.2) is 0 Å². The van der Waals surface area contributed by atoms with Crippen LogP contribution in [0, 0.1) is 12.8 Å². The first-order valence-corrected chi connectivity index (χ1v) is 9.16. The number of hydrogen-bond donors (Lipinski definition) is 2. The van der Waals surface area contributed by atoms with E-state index in [2.05, 4.69) is 4.72 Å². The van der Waals surface area contributed by atoms with Crippen molar-refractivity contribution in [1.29, 1.82) is 0 Å². The predicted molar refractivity (Wildman–Crippen MR) is 78.3 cm³/mol. The summed E-state index contributed by atoms with van der Waals surface area (Å²) >= 11 is 1.27. The lowest BCUT2D eigenvalue weighted by Gasteiger charge is -2.08. The van der Waals surface area contributed by atoms with E-state index in [-0.39, 0.29) is 11.5 Å². The fraction of sp³-hybridized carbons (Fsp3) is 0.692. The van der Waals surface area contributed by atoms with Crippen LogP contribution < -0.4 is 4.72 Å². The highest BCUT2D eigenvalue weighted by molar-refractivity contribution is 7.89. The fourth-order valence-electron chi connectivity index (χ4n) is 1.94. The molecule has 1 aromatic heterocycles. The molecule has 0 aromatic carbocycles. The summed E-state index contributed by atoms with van der Waals surface area (Å²) in [5.41, 5.74) is 0.677. The predicted octanol–water partition coefficient (Wildman–Crippen LogP) is 1.64.